The number of nitro benzene ring substituents is 1. The van der Waals surface area contributed by atoms with Crippen molar-refractivity contribution in [3.8, 4) is 17.6 Å². The molecule has 0 saturated carbocycles. The van der Waals surface area contributed by atoms with Gasteiger partial charge in [-0.1, -0.05) is 12.1 Å². The Hall–Kier alpha value is -3.11. The normalized spacial score (nSPS) is 11.3. The Morgan fingerprint density at radius 3 is 2.43 bits per heavy atom. The third-order valence-electron chi connectivity index (χ3n) is 2.92. The minimum atomic E-state index is -0.953. The van der Waals surface area contributed by atoms with Crippen LogP contribution in [0.15, 0.2) is 48.5 Å². The van der Waals surface area contributed by atoms with Gasteiger partial charge < -0.3 is 14.6 Å². The molecule has 0 radical (unpaired) electrons. The number of nitro groups is 1. The Morgan fingerprint density at radius 2 is 1.78 bits per heavy atom. The molecule has 0 heterocycles. The van der Waals surface area contributed by atoms with Crippen LogP contribution in [-0.4, -0.2) is 29.3 Å². The molecule has 0 aliphatic heterocycles. The monoisotopic (exact) mass is 314 g/mol. The highest BCUT2D eigenvalue weighted by molar-refractivity contribution is 5.45. The van der Waals surface area contributed by atoms with Crippen LogP contribution in [0.1, 0.15) is 5.56 Å². The van der Waals surface area contributed by atoms with Crippen LogP contribution in [0.5, 0.6) is 11.5 Å². The molecule has 1 atom stereocenters. The molecule has 1 N–H and O–H groups in total. The maximum absolute atomic E-state index is 10.8. The smallest absolute Gasteiger partial charge is 0.310 e. The van der Waals surface area contributed by atoms with Gasteiger partial charge in [-0.2, -0.15) is 5.26 Å². The molecule has 7 nitrogen and oxygen atoms in total. The van der Waals surface area contributed by atoms with Gasteiger partial charge in [-0.15, -0.1) is 0 Å². The number of hydrogen-bond acceptors (Lipinski definition) is 6. The molecule has 118 valence electrons. The van der Waals surface area contributed by atoms with Crippen molar-refractivity contribution in [1.82, 2.24) is 0 Å². The molecular formula is C16H14N2O5. The summed E-state index contributed by atoms with van der Waals surface area (Å²) in [6, 6.07) is 14.4. The van der Waals surface area contributed by atoms with Gasteiger partial charge in [-0.3, -0.25) is 10.1 Å². The van der Waals surface area contributed by atoms with Gasteiger partial charge in [0, 0.05) is 6.07 Å². The average molecular weight is 314 g/mol. The van der Waals surface area contributed by atoms with E-state index < -0.39 is 11.0 Å². The van der Waals surface area contributed by atoms with Gasteiger partial charge in [0.1, 0.15) is 25.1 Å². The fourth-order valence-electron chi connectivity index (χ4n) is 1.78. The van der Waals surface area contributed by atoms with Gasteiger partial charge >= 0.3 is 5.69 Å². The van der Waals surface area contributed by atoms with Crippen molar-refractivity contribution in [3.05, 3.63) is 64.2 Å². The number of aliphatic hydroxyl groups excluding tert-OH is 1. The number of ether oxygens (including phenoxy) is 2. The van der Waals surface area contributed by atoms with Gasteiger partial charge in [0.15, 0.2) is 5.75 Å². The lowest BCUT2D eigenvalue weighted by atomic mass is 10.2. The number of benzene rings is 2. The van der Waals surface area contributed by atoms with E-state index in [1.54, 1.807) is 30.3 Å². The summed E-state index contributed by atoms with van der Waals surface area (Å²) in [6.45, 7) is -0.173. The molecule has 0 fully saturated rings. The van der Waals surface area contributed by atoms with E-state index in [0.717, 1.165) is 0 Å². The molecule has 2 aromatic rings. The third-order valence-corrected chi connectivity index (χ3v) is 2.92. The van der Waals surface area contributed by atoms with Gasteiger partial charge in [-0.05, 0) is 30.3 Å². The first-order valence-corrected chi connectivity index (χ1v) is 6.77. The number of nitrogens with zero attached hydrogens (tertiary/aromatic N) is 2. The summed E-state index contributed by atoms with van der Waals surface area (Å²) in [4.78, 5) is 10.3. The van der Waals surface area contributed by atoms with Crippen LogP contribution in [0.2, 0.25) is 0 Å². The average Bonchev–Trinajstić information content (AvgIpc) is 2.58. The summed E-state index contributed by atoms with van der Waals surface area (Å²) in [5, 5.41) is 29.4. The highest BCUT2D eigenvalue weighted by Gasteiger charge is 2.15. The molecule has 0 unspecified atom stereocenters. The predicted molar refractivity (Wildman–Crippen MR) is 81.3 cm³/mol. The number of hydrogen-bond donors (Lipinski definition) is 1. The standard InChI is InChI=1S/C16H14N2O5/c17-9-12-5-7-14(8-6-12)22-10-13(19)11-23-16-4-2-1-3-15(16)18(20)21/h1-8,13,19H,10-11H2/t13-/m0/s1. The second kappa shape index (κ2) is 7.77. The summed E-state index contributed by atoms with van der Waals surface area (Å²) in [5.74, 6) is 0.601. The van der Waals surface area contributed by atoms with Crippen molar-refractivity contribution >= 4 is 5.69 Å². The molecular weight excluding hydrogens is 300 g/mol. The van der Waals surface area contributed by atoms with Crippen LogP contribution >= 0.6 is 0 Å². The molecule has 0 aliphatic rings. The minimum Gasteiger partial charge on any atom is -0.491 e. The first kappa shape index (κ1) is 16.3. The van der Waals surface area contributed by atoms with Crippen molar-refractivity contribution in [2.75, 3.05) is 13.2 Å². The lowest BCUT2D eigenvalue weighted by Gasteiger charge is -2.13. The van der Waals surface area contributed by atoms with Crippen LogP contribution in [0.25, 0.3) is 0 Å². The summed E-state index contributed by atoms with van der Waals surface area (Å²) >= 11 is 0. The molecule has 0 saturated heterocycles. The van der Waals surface area contributed by atoms with E-state index >= 15 is 0 Å². The summed E-state index contributed by atoms with van der Waals surface area (Å²) in [7, 11) is 0. The highest BCUT2D eigenvalue weighted by atomic mass is 16.6. The predicted octanol–water partition coefficient (Wildman–Crippen LogP) is 2.29. The molecule has 0 spiro atoms. The number of para-hydroxylation sites is 2. The second-order valence-corrected chi connectivity index (χ2v) is 4.64. The SMILES string of the molecule is N#Cc1ccc(OC[C@H](O)COc2ccccc2[N+](=O)[O-])cc1. The van der Waals surface area contributed by atoms with Gasteiger partial charge in [0.2, 0.25) is 0 Å². The first-order chi connectivity index (χ1) is 11.1. The fraction of sp³-hybridized carbons (Fsp3) is 0.188. The van der Waals surface area contributed by atoms with E-state index in [4.69, 9.17) is 14.7 Å². The van der Waals surface area contributed by atoms with E-state index in [0.29, 0.717) is 11.3 Å². The van der Waals surface area contributed by atoms with Crippen molar-refractivity contribution in [1.29, 1.82) is 5.26 Å². The largest absolute Gasteiger partial charge is 0.491 e. The maximum atomic E-state index is 10.8. The van der Waals surface area contributed by atoms with Crippen LogP contribution in [0.4, 0.5) is 5.69 Å². The first-order valence-electron chi connectivity index (χ1n) is 6.77. The summed E-state index contributed by atoms with van der Waals surface area (Å²) < 4.78 is 10.6. The Labute approximate surface area is 132 Å². The van der Waals surface area contributed by atoms with E-state index in [1.165, 1.54) is 18.2 Å². The molecule has 2 aromatic carbocycles. The number of rotatable bonds is 7. The van der Waals surface area contributed by atoms with Crippen molar-refractivity contribution < 1.29 is 19.5 Å². The van der Waals surface area contributed by atoms with Crippen LogP contribution in [0, 0.1) is 21.4 Å². The number of aliphatic hydroxyl groups is 1. The van der Waals surface area contributed by atoms with Gasteiger partial charge in [-0.25, -0.2) is 0 Å². The zero-order valence-electron chi connectivity index (χ0n) is 12.1. The zero-order valence-corrected chi connectivity index (χ0v) is 12.1. The lowest BCUT2D eigenvalue weighted by Crippen LogP contribution is -2.25. The van der Waals surface area contributed by atoms with E-state index in [-0.39, 0.29) is 24.7 Å². The maximum Gasteiger partial charge on any atom is 0.310 e. The fourth-order valence-corrected chi connectivity index (χ4v) is 1.78. The zero-order chi connectivity index (χ0) is 16.7. The Morgan fingerprint density at radius 1 is 1.13 bits per heavy atom. The van der Waals surface area contributed by atoms with E-state index in [1.807, 2.05) is 6.07 Å². The lowest BCUT2D eigenvalue weighted by molar-refractivity contribution is -0.385. The molecule has 0 amide bonds. The Balaban J connectivity index is 1.84. The molecule has 2 rings (SSSR count). The molecule has 23 heavy (non-hydrogen) atoms. The molecule has 0 aromatic heterocycles. The van der Waals surface area contributed by atoms with Gasteiger partial charge in [0.25, 0.3) is 0 Å². The van der Waals surface area contributed by atoms with Crippen LogP contribution in [0.3, 0.4) is 0 Å². The van der Waals surface area contributed by atoms with Gasteiger partial charge in [0.05, 0.1) is 16.6 Å². The molecule has 7 heteroatoms. The Bertz CT molecular complexity index is 709. The van der Waals surface area contributed by atoms with E-state index in [9.17, 15) is 15.2 Å². The van der Waals surface area contributed by atoms with Crippen molar-refractivity contribution in [2.24, 2.45) is 0 Å². The third kappa shape index (κ3) is 4.69. The van der Waals surface area contributed by atoms with Crippen LogP contribution < -0.4 is 9.47 Å². The van der Waals surface area contributed by atoms with E-state index in [2.05, 4.69) is 0 Å². The summed E-state index contributed by atoms with van der Waals surface area (Å²) in [5.41, 5.74) is 0.352. The van der Waals surface area contributed by atoms with Crippen LogP contribution in [-0.2, 0) is 0 Å². The molecule has 0 bridgehead atoms. The molecule has 0 aliphatic carbocycles. The Kier molecular flexibility index (Phi) is 5.50. The summed E-state index contributed by atoms with van der Waals surface area (Å²) in [6.07, 6.45) is -0.953. The van der Waals surface area contributed by atoms with Crippen molar-refractivity contribution in [2.45, 2.75) is 6.10 Å². The topological polar surface area (TPSA) is 106 Å². The minimum absolute atomic E-state index is 0.0352. The number of nitriles is 1. The highest BCUT2D eigenvalue weighted by Crippen LogP contribution is 2.25. The quantitative estimate of drug-likeness (QED) is 0.621. The second-order valence-electron chi connectivity index (χ2n) is 4.64. The van der Waals surface area contributed by atoms with Crippen molar-refractivity contribution in [3.63, 3.8) is 0 Å².